The van der Waals surface area contributed by atoms with E-state index >= 15 is 0 Å². The van der Waals surface area contributed by atoms with Gasteiger partial charge in [0, 0.05) is 12.1 Å². The summed E-state index contributed by atoms with van der Waals surface area (Å²) in [5.41, 5.74) is 1.86. The predicted molar refractivity (Wildman–Crippen MR) is 95.7 cm³/mol. The molecule has 1 fully saturated rings. The molecule has 1 aliphatic carbocycles. The third-order valence-electron chi connectivity index (χ3n) is 5.00. The zero-order valence-electron chi connectivity index (χ0n) is 14.8. The van der Waals surface area contributed by atoms with Crippen molar-refractivity contribution in [2.45, 2.75) is 57.3 Å². The highest BCUT2D eigenvalue weighted by Crippen LogP contribution is 2.26. The predicted octanol–water partition coefficient (Wildman–Crippen LogP) is 2.91. The number of carbonyl (C=O) groups excluding carboxylic acids is 1. The number of sulfonamides is 1. The largest absolute Gasteiger partial charge is 0.352 e. The molecular weight excluding hydrogens is 324 g/mol. The van der Waals surface area contributed by atoms with Crippen LogP contribution in [0, 0.1) is 19.8 Å². The van der Waals surface area contributed by atoms with Gasteiger partial charge in [0.1, 0.15) is 0 Å². The summed E-state index contributed by atoms with van der Waals surface area (Å²) in [7, 11) is -2.20. The van der Waals surface area contributed by atoms with Crippen LogP contribution >= 0.6 is 0 Å². The maximum Gasteiger partial charge on any atom is 0.251 e. The minimum Gasteiger partial charge on any atom is -0.352 e. The zero-order valence-corrected chi connectivity index (χ0v) is 15.6. The Balaban J connectivity index is 2.06. The summed E-state index contributed by atoms with van der Waals surface area (Å²) in [6.45, 7) is 4.22. The van der Waals surface area contributed by atoms with E-state index in [1.54, 1.807) is 13.0 Å². The van der Waals surface area contributed by atoms with Crippen LogP contribution in [0.4, 0.5) is 0 Å². The average Bonchev–Trinajstić information content (AvgIpc) is 2.57. The van der Waals surface area contributed by atoms with Crippen LogP contribution in [0.5, 0.6) is 0 Å². The van der Waals surface area contributed by atoms with Crippen molar-refractivity contribution in [1.82, 2.24) is 10.0 Å². The van der Waals surface area contributed by atoms with E-state index in [-0.39, 0.29) is 10.8 Å². The molecule has 1 aliphatic rings. The van der Waals surface area contributed by atoms with E-state index < -0.39 is 10.0 Å². The van der Waals surface area contributed by atoms with E-state index in [9.17, 15) is 13.2 Å². The van der Waals surface area contributed by atoms with Crippen LogP contribution in [0.15, 0.2) is 17.0 Å². The van der Waals surface area contributed by atoms with Crippen molar-refractivity contribution in [3.63, 3.8) is 0 Å². The Morgan fingerprint density at radius 3 is 2.46 bits per heavy atom. The fraction of sp³-hybridized carbons (Fsp3) is 0.611. The number of benzene rings is 1. The second-order valence-electron chi connectivity index (χ2n) is 6.67. The third-order valence-corrected chi connectivity index (χ3v) is 6.54. The highest BCUT2D eigenvalue weighted by atomic mass is 32.2. The molecule has 0 radical (unpaired) electrons. The zero-order chi connectivity index (χ0) is 17.7. The smallest absolute Gasteiger partial charge is 0.251 e. The number of hydrogen-bond acceptors (Lipinski definition) is 3. The lowest BCUT2D eigenvalue weighted by Crippen LogP contribution is -2.27. The van der Waals surface area contributed by atoms with Crippen LogP contribution in [0.1, 0.15) is 60.0 Å². The molecule has 0 unspecified atom stereocenters. The molecule has 0 saturated heterocycles. The maximum atomic E-state index is 12.4. The van der Waals surface area contributed by atoms with Crippen molar-refractivity contribution >= 4 is 15.9 Å². The molecular formula is C18H28N2O3S. The molecule has 0 aromatic heterocycles. The summed E-state index contributed by atoms with van der Waals surface area (Å²) in [5, 5.41) is 2.94. The van der Waals surface area contributed by atoms with Crippen LogP contribution in [0.25, 0.3) is 0 Å². The SMILES string of the molecule is CNS(=O)(=O)c1cc(C(=O)NCCC2CCCCC2)cc(C)c1C. The van der Waals surface area contributed by atoms with Crippen molar-refractivity contribution in [2.24, 2.45) is 5.92 Å². The summed E-state index contributed by atoms with van der Waals surface area (Å²) in [6.07, 6.45) is 7.42. The number of aryl methyl sites for hydroxylation is 1. The molecule has 24 heavy (non-hydrogen) atoms. The summed E-state index contributed by atoms with van der Waals surface area (Å²) < 4.78 is 26.6. The van der Waals surface area contributed by atoms with Crippen molar-refractivity contribution in [1.29, 1.82) is 0 Å². The first-order chi connectivity index (χ1) is 11.3. The highest BCUT2D eigenvalue weighted by molar-refractivity contribution is 7.89. The van der Waals surface area contributed by atoms with Crippen LogP contribution in [0.2, 0.25) is 0 Å². The second kappa shape index (κ2) is 8.12. The highest BCUT2D eigenvalue weighted by Gasteiger charge is 2.19. The minimum atomic E-state index is -3.58. The molecule has 1 aromatic carbocycles. The molecule has 5 nitrogen and oxygen atoms in total. The lowest BCUT2D eigenvalue weighted by molar-refractivity contribution is 0.0950. The number of rotatable bonds is 6. The summed E-state index contributed by atoms with van der Waals surface area (Å²) >= 11 is 0. The molecule has 1 saturated carbocycles. The van der Waals surface area contributed by atoms with Crippen molar-refractivity contribution in [2.75, 3.05) is 13.6 Å². The van der Waals surface area contributed by atoms with Gasteiger partial charge < -0.3 is 5.32 Å². The normalized spacial score (nSPS) is 16.1. The van der Waals surface area contributed by atoms with E-state index in [2.05, 4.69) is 10.0 Å². The van der Waals surface area contributed by atoms with Crippen molar-refractivity contribution < 1.29 is 13.2 Å². The molecule has 6 heteroatoms. The molecule has 0 bridgehead atoms. The van der Waals surface area contributed by atoms with Gasteiger partial charge in [0.2, 0.25) is 10.0 Å². The van der Waals surface area contributed by atoms with E-state index in [1.165, 1.54) is 45.2 Å². The molecule has 1 aromatic rings. The van der Waals surface area contributed by atoms with Crippen LogP contribution in [0.3, 0.4) is 0 Å². The molecule has 0 spiro atoms. The molecule has 2 rings (SSSR count). The topological polar surface area (TPSA) is 75.3 Å². The van der Waals surface area contributed by atoms with Crippen LogP contribution in [-0.4, -0.2) is 27.9 Å². The minimum absolute atomic E-state index is 0.169. The Hall–Kier alpha value is -1.40. The number of nitrogens with one attached hydrogen (secondary N) is 2. The van der Waals surface area contributed by atoms with Gasteiger partial charge in [0.15, 0.2) is 0 Å². The first kappa shape index (κ1) is 18.9. The fourth-order valence-electron chi connectivity index (χ4n) is 3.31. The number of carbonyl (C=O) groups is 1. The first-order valence-electron chi connectivity index (χ1n) is 8.68. The van der Waals surface area contributed by atoms with E-state index in [0.29, 0.717) is 23.6 Å². The number of hydrogen-bond donors (Lipinski definition) is 2. The van der Waals surface area contributed by atoms with Crippen molar-refractivity contribution in [3.8, 4) is 0 Å². The standard InChI is InChI=1S/C18H28N2O3S/c1-13-11-16(12-17(14(13)2)24(22,23)19-3)18(21)20-10-9-15-7-5-4-6-8-15/h11-12,15,19H,4-10H2,1-3H3,(H,20,21). The molecule has 0 heterocycles. The summed E-state index contributed by atoms with van der Waals surface area (Å²) in [6, 6.07) is 3.21. The molecule has 0 atom stereocenters. The monoisotopic (exact) mass is 352 g/mol. The molecule has 134 valence electrons. The maximum absolute atomic E-state index is 12.4. The van der Waals surface area contributed by atoms with Gasteiger partial charge in [0.25, 0.3) is 5.91 Å². The van der Waals surface area contributed by atoms with Crippen LogP contribution in [-0.2, 0) is 10.0 Å². The molecule has 0 aliphatic heterocycles. The van der Waals surface area contributed by atoms with Gasteiger partial charge in [0.05, 0.1) is 4.90 Å². The Labute approximate surface area is 145 Å². The second-order valence-corrected chi connectivity index (χ2v) is 8.53. The van der Waals surface area contributed by atoms with E-state index in [0.717, 1.165) is 12.0 Å². The lowest BCUT2D eigenvalue weighted by Gasteiger charge is -2.21. The van der Waals surface area contributed by atoms with Gasteiger partial charge in [-0.3, -0.25) is 4.79 Å². The third kappa shape index (κ3) is 4.57. The average molecular weight is 353 g/mol. The van der Waals surface area contributed by atoms with Gasteiger partial charge in [-0.2, -0.15) is 0 Å². The summed E-state index contributed by atoms with van der Waals surface area (Å²) in [4.78, 5) is 12.6. The van der Waals surface area contributed by atoms with Crippen molar-refractivity contribution in [3.05, 3.63) is 28.8 Å². The van der Waals surface area contributed by atoms with E-state index in [1.807, 2.05) is 6.92 Å². The fourth-order valence-corrected chi connectivity index (χ4v) is 4.38. The Kier molecular flexibility index (Phi) is 6.40. The van der Waals surface area contributed by atoms with Gasteiger partial charge >= 0.3 is 0 Å². The first-order valence-corrected chi connectivity index (χ1v) is 10.2. The van der Waals surface area contributed by atoms with E-state index in [4.69, 9.17) is 0 Å². The van der Waals surface area contributed by atoms with Gasteiger partial charge in [-0.15, -0.1) is 0 Å². The van der Waals surface area contributed by atoms with Gasteiger partial charge in [-0.25, -0.2) is 13.1 Å². The quantitative estimate of drug-likeness (QED) is 0.826. The summed E-state index contributed by atoms with van der Waals surface area (Å²) in [5.74, 6) is 0.500. The Morgan fingerprint density at radius 1 is 1.17 bits per heavy atom. The lowest BCUT2D eigenvalue weighted by atomic mass is 9.87. The Morgan fingerprint density at radius 2 is 1.83 bits per heavy atom. The Bertz CT molecular complexity index is 692. The number of amides is 1. The van der Waals surface area contributed by atoms with Crippen LogP contribution < -0.4 is 10.0 Å². The van der Waals surface area contributed by atoms with Gasteiger partial charge in [-0.1, -0.05) is 32.1 Å². The molecule has 1 amide bonds. The molecule has 2 N–H and O–H groups in total. The van der Waals surface area contributed by atoms with Gasteiger partial charge in [-0.05, 0) is 56.5 Å².